The van der Waals surface area contributed by atoms with Crippen LogP contribution in [0.3, 0.4) is 0 Å². The lowest BCUT2D eigenvalue weighted by Gasteiger charge is -2.20. The summed E-state index contributed by atoms with van der Waals surface area (Å²) in [4.78, 5) is 8.71. The van der Waals surface area contributed by atoms with E-state index >= 15 is 17.6 Å². The van der Waals surface area contributed by atoms with Gasteiger partial charge in [0.15, 0.2) is 17.5 Å². The Labute approximate surface area is 273 Å². The van der Waals surface area contributed by atoms with E-state index in [-0.39, 0.29) is 11.1 Å². The standard InChI is InChI=1S/C35H24F10N2O2/c1-2-3-4-5-19-17-46-33(47-18-19)21-8-6-20(7-9-21)22-12-27(37)31(28(38)13-22)34(41,42)48-24-10-11-25(26(36)16-24)23-14-29(39)32(30(40)15-23)49-35(43,44)45/h6-18H,2-5H2,1H3. The molecule has 5 aromatic rings. The summed E-state index contributed by atoms with van der Waals surface area (Å²) in [5, 5.41) is 0. The average molecular weight is 695 g/mol. The van der Waals surface area contributed by atoms with E-state index in [9.17, 15) is 26.3 Å². The fourth-order valence-electron chi connectivity index (χ4n) is 4.96. The van der Waals surface area contributed by atoms with E-state index in [0.29, 0.717) is 47.8 Å². The minimum Gasteiger partial charge on any atom is -0.429 e. The van der Waals surface area contributed by atoms with Crippen molar-refractivity contribution in [1.29, 1.82) is 0 Å². The highest BCUT2D eigenvalue weighted by atomic mass is 19.4. The number of benzene rings is 4. The van der Waals surface area contributed by atoms with Gasteiger partial charge >= 0.3 is 12.5 Å². The Bertz CT molecular complexity index is 1900. The number of nitrogens with zero attached hydrogens (tertiary/aromatic N) is 2. The summed E-state index contributed by atoms with van der Waals surface area (Å²) in [7, 11) is 0. The van der Waals surface area contributed by atoms with Gasteiger partial charge in [-0.1, -0.05) is 44.0 Å². The summed E-state index contributed by atoms with van der Waals surface area (Å²) in [5.41, 5.74) is -1.18. The molecular weight excluding hydrogens is 670 g/mol. The van der Waals surface area contributed by atoms with Gasteiger partial charge in [-0.05, 0) is 71.5 Å². The number of alkyl halides is 5. The van der Waals surface area contributed by atoms with E-state index in [1.165, 1.54) is 12.1 Å². The van der Waals surface area contributed by atoms with Crippen molar-refractivity contribution in [3.63, 3.8) is 0 Å². The van der Waals surface area contributed by atoms with Gasteiger partial charge < -0.3 is 9.47 Å². The molecule has 5 rings (SSSR count). The first-order valence-electron chi connectivity index (χ1n) is 14.7. The highest BCUT2D eigenvalue weighted by Gasteiger charge is 2.41. The molecule has 0 saturated carbocycles. The zero-order chi connectivity index (χ0) is 35.5. The summed E-state index contributed by atoms with van der Waals surface area (Å²) < 4.78 is 148. The van der Waals surface area contributed by atoms with Crippen LogP contribution in [0.4, 0.5) is 43.9 Å². The summed E-state index contributed by atoms with van der Waals surface area (Å²) in [6.45, 7) is 2.10. The first-order valence-corrected chi connectivity index (χ1v) is 14.7. The van der Waals surface area contributed by atoms with Crippen LogP contribution in [0.5, 0.6) is 11.5 Å². The predicted octanol–water partition coefficient (Wildman–Crippen LogP) is 10.9. The Kier molecular flexibility index (Phi) is 10.2. The Morgan fingerprint density at radius 3 is 1.71 bits per heavy atom. The van der Waals surface area contributed by atoms with Gasteiger partial charge in [0.25, 0.3) is 0 Å². The first-order chi connectivity index (χ1) is 23.1. The molecule has 0 aliphatic carbocycles. The van der Waals surface area contributed by atoms with Crippen molar-refractivity contribution in [1.82, 2.24) is 9.97 Å². The van der Waals surface area contributed by atoms with Crippen LogP contribution in [0, 0.1) is 29.1 Å². The number of unbranched alkanes of at least 4 members (excludes halogenated alkanes) is 2. The third-order valence-electron chi connectivity index (χ3n) is 7.30. The fraction of sp³-hybridized carbons (Fsp3) is 0.200. The van der Waals surface area contributed by atoms with Crippen molar-refractivity contribution in [3.05, 3.63) is 119 Å². The van der Waals surface area contributed by atoms with Gasteiger partial charge in [0.05, 0.1) is 0 Å². The monoisotopic (exact) mass is 694 g/mol. The first kappa shape index (κ1) is 35.2. The van der Waals surface area contributed by atoms with Crippen LogP contribution in [0.25, 0.3) is 33.6 Å². The number of rotatable bonds is 11. The minimum absolute atomic E-state index is 0.0743. The third kappa shape index (κ3) is 8.30. The highest BCUT2D eigenvalue weighted by molar-refractivity contribution is 5.69. The van der Waals surface area contributed by atoms with E-state index in [1.807, 2.05) is 0 Å². The van der Waals surface area contributed by atoms with Gasteiger partial charge in [-0.15, -0.1) is 13.2 Å². The molecule has 0 aliphatic rings. The average Bonchev–Trinajstić information content (AvgIpc) is 3.02. The molecule has 0 bridgehead atoms. The molecule has 14 heteroatoms. The van der Waals surface area contributed by atoms with Crippen LogP contribution in [0.15, 0.2) is 79.1 Å². The number of hydrogen-bond acceptors (Lipinski definition) is 4. The molecule has 0 atom stereocenters. The number of aryl methyl sites for hydroxylation is 1. The largest absolute Gasteiger partial charge is 0.573 e. The lowest BCUT2D eigenvalue weighted by atomic mass is 10.0. The van der Waals surface area contributed by atoms with Crippen LogP contribution in [0.1, 0.15) is 37.3 Å². The van der Waals surface area contributed by atoms with E-state index in [1.54, 1.807) is 24.5 Å². The number of aromatic nitrogens is 2. The van der Waals surface area contributed by atoms with Crippen molar-refractivity contribution < 1.29 is 53.4 Å². The molecule has 0 fully saturated rings. The molecule has 0 aliphatic heterocycles. The molecule has 0 saturated heterocycles. The van der Waals surface area contributed by atoms with Gasteiger partial charge in [0.2, 0.25) is 5.75 Å². The number of hydrogen-bond donors (Lipinski definition) is 0. The van der Waals surface area contributed by atoms with Gasteiger partial charge in [-0.25, -0.2) is 31.9 Å². The van der Waals surface area contributed by atoms with E-state index in [2.05, 4.69) is 26.4 Å². The fourth-order valence-corrected chi connectivity index (χ4v) is 4.96. The summed E-state index contributed by atoms with van der Waals surface area (Å²) in [6.07, 6.45) is -2.59. The van der Waals surface area contributed by atoms with Crippen LogP contribution >= 0.6 is 0 Å². The van der Waals surface area contributed by atoms with Crippen molar-refractivity contribution in [3.8, 4) is 45.1 Å². The third-order valence-corrected chi connectivity index (χ3v) is 7.30. The van der Waals surface area contributed by atoms with Crippen LogP contribution in [0.2, 0.25) is 0 Å². The van der Waals surface area contributed by atoms with Crippen LogP contribution in [-0.4, -0.2) is 16.3 Å². The minimum atomic E-state index is -5.42. The van der Waals surface area contributed by atoms with E-state index in [0.717, 1.165) is 37.3 Å². The predicted molar refractivity (Wildman–Crippen MR) is 159 cm³/mol. The maximum absolute atomic E-state index is 15.1. The molecule has 0 spiro atoms. The van der Waals surface area contributed by atoms with Gasteiger partial charge in [0.1, 0.15) is 28.8 Å². The van der Waals surface area contributed by atoms with Crippen LogP contribution in [-0.2, 0) is 12.5 Å². The Balaban J connectivity index is 1.32. The quantitative estimate of drug-likeness (QED) is 0.102. The summed E-state index contributed by atoms with van der Waals surface area (Å²) >= 11 is 0. The normalized spacial score (nSPS) is 11.9. The second kappa shape index (κ2) is 14.1. The Hall–Kier alpha value is -5.14. The summed E-state index contributed by atoms with van der Waals surface area (Å²) in [5.74, 6) is -10.7. The molecule has 1 aromatic heterocycles. The SMILES string of the molecule is CCCCCc1cnc(-c2ccc(-c3cc(F)c(C(F)(F)Oc4ccc(-c5cc(F)c(OC(F)(F)F)c(F)c5)c(F)c4)c(F)c3)cc2)nc1. The molecule has 0 radical (unpaired) electrons. The Morgan fingerprint density at radius 1 is 0.592 bits per heavy atom. The van der Waals surface area contributed by atoms with Gasteiger partial charge in [-0.2, -0.15) is 8.78 Å². The van der Waals surface area contributed by atoms with Gasteiger partial charge in [-0.3, -0.25) is 0 Å². The lowest BCUT2D eigenvalue weighted by molar-refractivity contribution is -0.276. The Morgan fingerprint density at radius 2 is 1.16 bits per heavy atom. The van der Waals surface area contributed by atoms with Crippen molar-refractivity contribution in [2.45, 2.75) is 45.1 Å². The topological polar surface area (TPSA) is 44.2 Å². The lowest BCUT2D eigenvalue weighted by Crippen LogP contribution is -2.25. The molecule has 256 valence electrons. The van der Waals surface area contributed by atoms with Crippen molar-refractivity contribution in [2.24, 2.45) is 0 Å². The molecule has 0 amide bonds. The number of halogens is 10. The van der Waals surface area contributed by atoms with E-state index in [4.69, 9.17) is 0 Å². The second-order valence-electron chi connectivity index (χ2n) is 10.8. The second-order valence-corrected chi connectivity index (χ2v) is 10.8. The van der Waals surface area contributed by atoms with Gasteiger partial charge in [0, 0.05) is 29.6 Å². The molecule has 4 aromatic carbocycles. The number of ether oxygens (including phenoxy) is 2. The van der Waals surface area contributed by atoms with Crippen LogP contribution < -0.4 is 9.47 Å². The van der Waals surface area contributed by atoms with Crippen molar-refractivity contribution >= 4 is 0 Å². The molecule has 0 N–H and O–H groups in total. The smallest absolute Gasteiger partial charge is 0.429 e. The zero-order valence-corrected chi connectivity index (χ0v) is 25.3. The maximum atomic E-state index is 15.1. The maximum Gasteiger partial charge on any atom is 0.573 e. The molecule has 1 heterocycles. The molecule has 49 heavy (non-hydrogen) atoms. The summed E-state index contributed by atoms with van der Waals surface area (Å²) in [6, 6.07) is 10.0. The molecular formula is C35H24F10N2O2. The molecule has 4 nitrogen and oxygen atoms in total. The van der Waals surface area contributed by atoms with E-state index < -0.39 is 69.7 Å². The zero-order valence-electron chi connectivity index (χ0n) is 25.3. The molecule has 0 unspecified atom stereocenters. The van der Waals surface area contributed by atoms with Crippen molar-refractivity contribution in [2.75, 3.05) is 0 Å². The highest BCUT2D eigenvalue weighted by Crippen LogP contribution is 2.39.